The van der Waals surface area contributed by atoms with Crippen LogP contribution >= 0.6 is 35.0 Å². The highest BCUT2D eigenvalue weighted by molar-refractivity contribution is 8.00. The lowest BCUT2D eigenvalue weighted by Gasteiger charge is -2.32. The van der Waals surface area contributed by atoms with Crippen molar-refractivity contribution in [1.29, 1.82) is 0 Å². The Morgan fingerprint density at radius 3 is 2.28 bits per heavy atom. The van der Waals surface area contributed by atoms with E-state index in [1.54, 1.807) is 4.90 Å². The molecule has 1 saturated carbocycles. The Labute approximate surface area is 227 Å². The summed E-state index contributed by atoms with van der Waals surface area (Å²) in [6.07, 6.45) is 4.63. The van der Waals surface area contributed by atoms with E-state index < -0.39 is 6.04 Å². The van der Waals surface area contributed by atoms with Crippen LogP contribution in [0.4, 0.5) is 0 Å². The zero-order valence-electron chi connectivity index (χ0n) is 20.0. The van der Waals surface area contributed by atoms with Crippen LogP contribution < -0.4 is 5.32 Å². The van der Waals surface area contributed by atoms with Crippen LogP contribution in [0.5, 0.6) is 0 Å². The third kappa shape index (κ3) is 7.52. The molecule has 36 heavy (non-hydrogen) atoms. The van der Waals surface area contributed by atoms with E-state index >= 15 is 0 Å². The minimum atomic E-state index is -0.650. The highest BCUT2D eigenvalue weighted by Crippen LogP contribution is 2.25. The molecule has 3 aromatic rings. The fraction of sp³-hybridized carbons (Fsp3) is 0.310. The van der Waals surface area contributed by atoms with Gasteiger partial charge in [-0.15, -0.1) is 11.8 Å². The number of amides is 2. The predicted octanol–water partition coefficient (Wildman–Crippen LogP) is 6.78. The monoisotopic (exact) mass is 540 g/mol. The van der Waals surface area contributed by atoms with E-state index in [9.17, 15) is 9.59 Å². The topological polar surface area (TPSA) is 49.4 Å². The molecule has 1 N–H and O–H groups in total. The van der Waals surface area contributed by atoms with Gasteiger partial charge >= 0.3 is 0 Å². The number of carbonyl (C=O) groups excluding carboxylic acids is 2. The van der Waals surface area contributed by atoms with E-state index in [0.29, 0.717) is 16.5 Å². The molecule has 1 fully saturated rings. The lowest BCUT2D eigenvalue weighted by Crippen LogP contribution is -2.52. The molecule has 1 aliphatic carbocycles. The van der Waals surface area contributed by atoms with Gasteiger partial charge in [0.1, 0.15) is 6.04 Å². The Morgan fingerprint density at radius 1 is 0.917 bits per heavy atom. The zero-order valence-corrected chi connectivity index (χ0v) is 22.4. The van der Waals surface area contributed by atoms with Gasteiger partial charge in [-0.25, -0.2) is 0 Å². The number of hydrogen-bond donors (Lipinski definition) is 1. The van der Waals surface area contributed by atoms with Crippen molar-refractivity contribution >= 4 is 46.8 Å². The molecule has 1 atom stereocenters. The molecule has 0 heterocycles. The van der Waals surface area contributed by atoms with Crippen molar-refractivity contribution in [3.05, 3.63) is 100 Å². The number of nitrogens with zero attached hydrogens (tertiary/aromatic N) is 1. The Morgan fingerprint density at radius 2 is 1.58 bits per heavy atom. The van der Waals surface area contributed by atoms with Crippen molar-refractivity contribution < 1.29 is 9.59 Å². The van der Waals surface area contributed by atoms with Gasteiger partial charge in [0.2, 0.25) is 11.8 Å². The largest absolute Gasteiger partial charge is 0.352 e. The van der Waals surface area contributed by atoms with Gasteiger partial charge in [-0.2, -0.15) is 0 Å². The Hall–Kier alpha value is -2.47. The standard InChI is InChI=1S/C29H30Cl2N2O2S/c30-23-14-16-25(17-15-23)36-20-28(34)33(19-22-10-4-7-13-26(22)31)27(18-21-8-2-1-3-9-21)29(35)32-24-11-5-6-12-24/h1-4,7-10,13-17,24,27H,5-6,11-12,18-20H2,(H,32,35). The lowest BCUT2D eigenvalue weighted by atomic mass is 10.0. The molecule has 0 spiro atoms. The van der Waals surface area contributed by atoms with Crippen molar-refractivity contribution in [2.75, 3.05) is 5.75 Å². The summed E-state index contributed by atoms with van der Waals surface area (Å²) in [6, 6.07) is 24.3. The van der Waals surface area contributed by atoms with E-state index in [0.717, 1.165) is 41.7 Å². The molecule has 3 aromatic carbocycles. The number of nitrogens with one attached hydrogen (secondary N) is 1. The number of thioether (sulfide) groups is 1. The quantitative estimate of drug-likeness (QED) is 0.288. The second kappa shape index (κ2) is 13.2. The molecule has 0 aromatic heterocycles. The number of rotatable bonds is 10. The van der Waals surface area contributed by atoms with Crippen LogP contribution in [0, 0.1) is 0 Å². The van der Waals surface area contributed by atoms with Gasteiger partial charge in [-0.3, -0.25) is 9.59 Å². The molecule has 7 heteroatoms. The minimum absolute atomic E-state index is 0.109. The van der Waals surface area contributed by atoms with Crippen LogP contribution in [0.1, 0.15) is 36.8 Å². The van der Waals surface area contributed by atoms with Gasteiger partial charge in [-0.05, 0) is 54.3 Å². The SMILES string of the molecule is O=C(NC1CCCC1)C(Cc1ccccc1)N(Cc1ccccc1Cl)C(=O)CSc1ccc(Cl)cc1. The predicted molar refractivity (Wildman–Crippen MR) is 149 cm³/mol. The maximum absolute atomic E-state index is 13.7. The number of benzene rings is 3. The average molecular weight is 542 g/mol. The van der Waals surface area contributed by atoms with E-state index in [1.165, 1.54) is 11.8 Å². The van der Waals surface area contributed by atoms with Gasteiger partial charge in [-0.1, -0.05) is 84.6 Å². The minimum Gasteiger partial charge on any atom is -0.352 e. The first kappa shape index (κ1) is 26.6. The molecule has 1 aliphatic rings. The molecule has 4 rings (SSSR count). The second-order valence-electron chi connectivity index (χ2n) is 9.05. The molecule has 2 amide bonds. The van der Waals surface area contributed by atoms with E-state index in [-0.39, 0.29) is 30.2 Å². The maximum Gasteiger partial charge on any atom is 0.243 e. The molecule has 1 unspecified atom stereocenters. The summed E-state index contributed by atoms with van der Waals surface area (Å²) in [5.74, 6) is -0.0197. The van der Waals surface area contributed by atoms with Crippen molar-refractivity contribution in [3.63, 3.8) is 0 Å². The van der Waals surface area contributed by atoms with Gasteiger partial charge in [0.25, 0.3) is 0 Å². The lowest BCUT2D eigenvalue weighted by molar-refractivity contribution is -0.139. The highest BCUT2D eigenvalue weighted by atomic mass is 35.5. The first-order chi connectivity index (χ1) is 17.5. The van der Waals surface area contributed by atoms with Gasteiger partial charge in [0.15, 0.2) is 0 Å². The average Bonchev–Trinajstić information content (AvgIpc) is 3.40. The summed E-state index contributed by atoms with van der Waals surface area (Å²) in [7, 11) is 0. The third-order valence-corrected chi connectivity index (χ3v) is 8.06. The Bertz CT molecular complexity index is 1150. The van der Waals surface area contributed by atoms with E-state index in [1.807, 2.05) is 78.9 Å². The third-order valence-electron chi connectivity index (χ3n) is 6.45. The first-order valence-electron chi connectivity index (χ1n) is 12.2. The Balaban J connectivity index is 1.61. The normalized spacial score (nSPS) is 14.4. The fourth-order valence-corrected chi connectivity index (χ4v) is 5.60. The number of hydrogen-bond acceptors (Lipinski definition) is 3. The van der Waals surface area contributed by atoms with Crippen molar-refractivity contribution in [3.8, 4) is 0 Å². The number of halogens is 2. The van der Waals surface area contributed by atoms with Gasteiger partial charge in [0, 0.05) is 33.9 Å². The summed E-state index contributed by atoms with van der Waals surface area (Å²) >= 11 is 13.9. The van der Waals surface area contributed by atoms with E-state index in [4.69, 9.17) is 23.2 Å². The second-order valence-corrected chi connectivity index (χ2v) is 10.9. The summed E-state index contributed by atoms with van der Waals surface area (Å²) in [6.45, 7) is 0.259. The molecule has 0 saturated heterocycles. The first-order valence-corrected chi connectivity index (χ1v) is 14.0. The van der Waals surface area contributed by atoms with Crippen LogP contribution in [-0.4, -0.2) is 34.6 Å². The van der Waals surface area contributed by atoms with Crippen LogP contribution in [0.2, 0.25) is 10.0 Å². The molecule has 188 valence electrons. The fourth-order valence-electron chi connectivity index (χ4n) is 4.49. The van der Waals surface area contributed by atoms with Gasteiger partial charge < -0.3 is 10.2 Å². The van der Waals surface area contributed by atoms with E-state index in [2.05, 4.69) is 5.32 Å². The smallest absolute Gasteiger partial charge is 0.243 e. The molecule has 0 bridgehead atoms. The molecule has 0 radical (unpaired) electrons. The maximum atomic E-state index is 13.7. The number of carbonyl (C=O) groups is 2. The van der Waals surface area contributed by atoms with Gasteiger partial charge in [0.05, 0.1) is 5.75 Å². The molecular formula is C29H30Cl2N2O2S. The van der Waals surface area contributed by atoms with Crippen LogP contribution in [0.25, 0.3) is 0 Å². The molecular weight excluding hydrogens is 511 g/mol. The summed E-state index contributed by atoms with van der Waals surface area (Å²) < 4.78 is 0. The van der Waals surface area contributed by atoms with Crippen LogP contribution in [0.3, 0.4) is 0 Å². The van der Waals surface area contributed by atoms with Crippen molar-refractivity contribution in [2.45, 2.75) is 55.6 Å². The Kier molecular flexibility index (Phi) is 9.74. The zero-order chi connectivity index (χ0) is 25.3. The van der Waals surface area contributed by atoms with Crippen molar-refractivity contribution in [1.82, 2.24) is 10.2 Å². The summed E-state index contributed by atoms with van der Waals surface area (Å²) in [5, 5.41) is 4.46. The van der Waals surface area contributed by atoms with Crippen LogP contribution in [0.15, 0.2) is 83.8 Å². The van der Waals surface area contributed by atoms with Crippen molar-refractivity contribution in [2.24, 2.45) is 0 Å². The molecule has 4 nitrogen and oxygen atoms in total. The van der Waals surface area contributed by atoms with Crippen LogP contribution in [-0.2, 0) is 22.6 Å². The summed E-state index contributed by atoms with van der Waals surface area (Å²) in [5.41, 5.74) is 1.82. The summed E-state index contributed by atoms with van der Waals surface area (Å²) in [4.78, 5) is 30.0. The highest BCUT2D eigenvalue weighted by Gasteiger charge is 2.32. The molecule has 0 aliphatic heterocycles.